The number of ether oxygens (including phenoxy) is 1. The van der Waals surface area contributed by atoms with Crippen LogP contribution < -0.4 is 4.72 Å². The molecule has 92 valence electrons. The average Bonchev–Trinajstić information content (AvgIpc) is 2.62. The molecule has 0 saturated carbocycles. The maximum absolute atomic E-state index is 11.5. The van der Waals surface area contributed by atoms with Crippen molar-refractivity contribution in [2.45, 2.75) is 19.8 Å². The molecule has 0 aromatic carbocycles. The number of nitrogens with one attached hydrogen (secondary N) is 2. The lowest BCUT2D eigenvalue weighted by Crippen LogP contribution is -2.19. The van der Waals surface area contributed by atoms with Crippen LogP contribution in [0.1, 0.15) is 25.5 Å². The molecule has 0 atom stereocenters. The molecule has 0 bridgehead atoms. The van der Waals surface area contributed by atoms with Crippen molar-refractivity contribution in [1.29, 1.82) is 0 Å². The summed E-state index contributed by atoms with van der Waals surface area (Å²) in [5.74, 6) is 0.525. The predicted octanol–water partition coefficient (Wildman–Crippen LogP) is 0.921. The zero-order valence-electron chi connectivity index (χ0n) is 9.65. The average molecular weight is 247 g/mol. The van der Waals surface area contributed by atoms with Crippen molar-refractivity contribution in [1.82, 2.24) is 10.2 Å². The number of aromatic amines is 1. The lowest BCUT2D eigenvalue weighted by Gasteiger charge is -2.03. The fourth-order valence-electron chi connectivity index (χ4n) is 1.09. The van der Waals surface area contributed by atoms with Crippen molar-refractivity contribution >= 4 is 15.8 Å². The number of anilines is 1. The van der Waals surface area contributed by atoms with Gasteiger partial charge in [0.2, 0.25) is 10.0 Å². The molecule has 6 nitrogen and oxygen atoms in total. The van der Waals surface area contributed by atoms with Crippen LogP contribution in [-0.2, 0) is 14.8 Å². The maximum Gasteiger partial charge on any atom is 0.236 e. The minimum atomic E-state index is -3.37. The Hall–Kier alpha value is -1.08. The van der Waals surface area contributed by atoms with E-state index < -0.39 is 10.0 Å². The summed E-state index contributed by atoms with van der Waals surface area (Å²) < 4.78 is 30.1. The van der Waals surface area contributed by atoms with E-state index in [0.29, 0.717) is 5.82 Å². The van der Waals surface area contributed by atoms with Crippen LogP contribution in [0.2, 0.25) is 0 Å². The molecule has 0 saturated heterocycles. The predicted molar refractivity (Wildman–Crippen MR) is 62.0 cm³/mol. The molecule has 0 unspecified atom stereocenters. The van der Waals surface area contributed by atoms with Crippen molar-refractivity contribution in [2.75, 3.05) is 24.2 Å². The van der Waals surface area contributed by atoms with Crippen LogP contribution >= 0.6 is 0 Å². The Morgan fingerprint density at radius 1 is 1.56 bits per heavy atom. The summed E-state index contributed by atoms with van der Waals surface area (Å²) in [6, 6.07) is 1.69. The van der Waals surface area contributed by atoms with Crippen molar-refractivity contribution in [2.24, 2.45) is 0 Å². The molecule has 1 aromatic rings. The first-order valence-electron chi connectivity index (χ1n) is 4.99. The second-order valence-corrected chi connectivity index (χ2v) is 5.62. The van der Waals surface area contributed by atoms with Crippen LogP contribution in [0.25, 0.3) is 0 Å². The van der Waals surface area contributed by atoms with Gasteiger partial charge in [0.05, 0.1) is 12.4 Å². The molecule has 1 heterocycles. The number of H-pyrrole nitrogens is 1. The summed E-state index contributed by atoms with van der Waals surface area (Å²) in [6.45, 7) is 4.16. The lowest BCUT2D eigenvalue weighted by atomic mass is 10.1. The van der Waals surface area contributed by atoms with Gasteiger partial charge >= 0.3 is 0 Å². The van der Waals surface area contributed by atoms with E-state index in [-0.39, 0.29) is 18.3 Å². The van der Waals surface area contributed by atoms with E-state index in [0.717, 1.165) is 5.69 Å². The summed E-state index contributed by atoms with van der Waals surface area (Å²) in [5.41, 5.74) is 0.893. The summed E-state index contributed by atoms with van der Waals surface area (Å²) in [7, 11) is -1.91. The summed E-state index contributed by atoms with van der Waals surface area (Å²) in [5, 5.41) is 6.65. The van der Waals surface area contributed by atoms with Gasteiger partial charge in [0.25, 0.3) is 0 Å². The normalized spacial score (nSPS) is 12.0. The molecule has 7 heteroatoms. The highest BCUT2D eigenvalue weighted by molar-refractivity contribution is 7.92. The van der Waals surface area contributed by atoms with E-state index in [2.05, 4.69) is 14.9 Å². The van der Waals surface area contributed by atoms with Gasteiger partial charge < -0.3 is 4.74 Å². The minimum absolute atomic E-state index is 0.0760. The second-order valence-electron chi connectivity index (χ2n) is 3.78. The topological polar surface area (TPSA) is 84.1 Å². The van der Waals surface area contributed by atoms with Crippen LogP contribution in [-0.4, -0.2) is 38.1 Å². The van der Waals surface area contributed by atoms with Crippen molar-refractivity contribution in [3.63, 3.8) is 0 Å². The van der Waals surface area contributed by atoms with Crippen molar-refractivity contribution < 1.29 is 13.2 Å². The van der Waals surface area contributed by atoms with E-state index in [1.165, 1.54) is 7.11 Å². The summed E-state index contributed by atoms with van der Waals surface area (Å²) >= 11 is 0. The van der Waals surface area contributed by atoms with Crippen LogP contribution in [0, 0.1) is 0 Å². The molecule has 0 spiro atoms. The van der Waals surface area contributed by atoms with Crippen LogP contribution in [0.5, 0.6) is 0 Å². The monoisotopic (exact) mass is 247 g/mol. The molecule has 1 aromatic heterocycles. The SMILES string of the molecule is COCCS(=O)(=O)Nc1cc(C(C)C)[nH]n1. The highest BCUT2D eigenvalue weighted by Gasteiger charge is 2.12. The number of hydrogen-bond donors (Lipinski definition) is 2. The Morgan fingerprint density at radius 3 is 2.75 bits per heavy atom. The number of sulfonamides is 1. The van der Waals surface area contributed by atoms with Crippen LogP contribution in [0.15, 0.2) is 6.07 Å². The summed E-state index contributed by atoms with van der Waals surface area (Å²) in [4.78, 5) is 0. The van der Waals surface area contributed by atoms with E-state index in [1.54, 1.807) is 6.07 Å². The third-order valence-corrected chi connectivity index (χ3v) is 3.26. The van der Waals surface area contributed by atoms with Gasteiger partial charge in [0, 0.05) is 18.9 Å². The van der Waals surface area contributed by atoms with Gasteiger partial charge in [-0.1, -0.05) is 13.8 Å². The van der Waals surface area contributed by atoms with Gasteiger partial charge in [-0.2, -0.15) is 5.10 Å². The molecule has 0 aliphatic carbocycles. The highest BCUT2D eigenvalue weighted by atomic mass is 32.2. The Morgan fingerprint density at radius 2 is 2.25 bits per heavy atom. The second kappa shape index (κ2) is 5.31. The third-order valence-electron chi connectivity index (χ3n) is 2.04. The van der Waals surface area contributed by atoms with Crippen LogP contribution in [0.4, 0.5) is 5.82 Å². The lowest BCUT2D eigenvalue weighted by molar-refractivity contribution is 0.217. The van der Waals surface area contributed by atoms with E-state index >= 15 is 0 Å². The minimum Gasteiger partial charge on any atom is -0.384 e. The molecular formula is C9H17N3O3S. The van der Waals surface area contributed by atoms with Gasteiger partial charge in [-0.05, 0) is 5.92 Å². The van der Waals surface area contributed by atoms with Crippen LogP contribution in [0.3, 0.4) is 0 Å². The zero-order chi connectivity index (χ0) is 12.2. The van der Waals surface area contributed by atoms with Gasteiger partial charge in [-0.3, -0.25) is 9.82 Å². The standard InChI is InChI=1S/C9H17N3O3S/c1-7(2)8-6-9(11-10-8)12-16(13,14)5-4-15-3/h6-7H,4-5H2,1-3H3,(H2,10,11,12). The Labute approximate surface area is 95.4 Å². The number of methoxy groups -OCH3 is 1. The fraction of sp³-hybridized carbons (Fsp3) is 0.667. The molecule has 0 fully saturated rings. The number of aromatic nitrogens is 2. The van der Waals surface area contributed by atoms with E-state index in [1.807, 2.05) is 13.8 Å². The number of nitrogens with zero attached hydrogens (tertiary/aromatic N) is 1. The quantitative estimate of drug-likeness (QED) is 0.783. The molecular weight excluding hydrogens is 230 g/mol. The molecule has 0 aliphatic heterocycles. The largest absolute Gasteiger partial charge is 0.384 e. The zero-order valence-corrected chi connectivity index (χ0v) is 10.5. The summed E-state index contributed by atoms with van der Waals surface area (Å²) in [6.07, 6.45) is 0. The first-order valence-corrected chi connectivity index (χ1v) is 6.64. The molecule has 2 N–H and O–H groups in total. The Kier molecular flexibility index (Phi) is 4.31. The first kappa shape index (κ1) is 13.0. The van der Waals surface area contributed by atoms with Gasteiger partial charge in [0.15, 0.2) is 5.82 Å². The molecule has 0 amide bonds. The molecule has 0 aliphatic rings. The number of rotatable bonds is 6. The van der Waals surface area contributed by atoms with Gasteiger partial charge in [0.1, 0.15) is 0 Å². The van der Waals surface area contributed by atoms with E-state index in [9.17, 15) is 8.42 Å². The Balaban J connectivity index is 2.65. The van der Waals surface area contributed by atoms with Crippen molar-refractivity contribution in [3.8, 4) is 0 Å². The number of hydrogen-bond acceptors (Lipinski definition) is 4. The van der Waals surface area contributed by atoms with Gasteiger partial charge in [-0.25, -0.2) is 8.42 Å². The third kappa shape index (κ3) is 3.82. The first-order chi connectivity index (χ1) is 7.44. The van der Waals surface area contributed by atoms with Crippen molar-refractivity contribution in [3.05, 3.63) is 11.8 Å². The highest BCUT2D eigenvalue weighted by Crippen LogP contribution is 2.15. The molecule has 0 radical (unpaired) electrons. The fourth-order valence-corrected chi connectivity index (χ4v) is 2.00. The van der Waals surface area contributed by atoms with E-state index in [4.69, 9.17) is 4.74 Å². The Bertz CT molecular complexity index is 425. The maximum atomic E-state index is 11.5. The van der Waals surface area contributed by atoms with Gasteiger partial charge in [-0.15, -0.1) is 0 Å². The molecule has 16 heavy (non-hydrogen) atoms. The molecule has 1 rings (SSSR count). The smallest absolute Gasteiger partial charge is 0.236 e.